The van der Waals surface area contributed by atoms with E-state index in [4.69, 9.17) is 33.3 Å². The quantitative estimate of drug-likeness (QED) is 0.222. The summed E-state index contributed by atoms with van der Waals surface area (Å²) in [5, 5.41) is 4.21. The molecule has 0 bridgehead atoms. The molecule has 0 aliphatic carbocycles. The maximum atomic E-state index is 6.22. The van der Waals surface area contributed by atoms with Gasteiger partial charge in [0.05, 0.1) is 31.3 Å². The molecule has 2 aromatic heterocycles. The smallest absolute Gasteiger partial charge is 0.142 e. The summed E-state index contributed by atoms with van der Waals surface area (Å²) in [6.45, 7) is 0.947. The molecule has 0 atom stereocenters. The van der Waals surface area contributed by atoms with E-state index in [2.05, 4.69) is 56.9 Å². The number of nitrogens with one attached hydrogen (secondary N) is 1. The van der Waals surface area contributed by atoms with Gasteiger partial charge in [-0.05, 0) is 54.7 Å². The van der Waals surface area contributed by atoms with Gasteiger partial charge in [0, 0.05) is 35.0 Å². The average molecular weight is 542 g/mol. The van der Waals surface area contributed by atoms with Gasteiger partial charge in [-0.15, -0.1) is 0 Å². The van der Waals surface area contributed by atoms with Crippen molar-refractivity contribution in [1.29, 1.82) is 0 Å². The maximum absolute atomic E-state index is 6.22. The molecule has 5 nitrogen and oxygen atoms in total. The molecule has 0 saturated heterocycles. The molecule has 0 amide bonds. The molecule has 5 aromatic rings. The van der Waals surface area contributed by atoms with Gasteiger partial charge in [-0.3, -0.25) is 4.40 Å². The molecular formula is C31H28ClN3O2S. The van der Waals surface area contributed by atoms with Crippen LogP contribution >= 0.6 is 23.8 Å². The first-order valence-corrected chi connectivity index (χ1v) is 13.5. The van der Waals surface area contributed by atoms with Crippen LogP contribution in [0, 0.1) is 0 Å². The number of aromatic nitrogens is 2. The average Bonchev–Trinajstić information content (AvgIpc) is 3.37. The van der Waals surface area contributed by atoms with Gasteiger partial charge in [0.2, 0.25) is 0 Å². The summed E-state index contributed by atoms with van der Waals surface area (Å²) >= 11 is 12.4. The van der Waals surface area contributed by atoms with Crippen molar-refractivity contribution in [1.82, 2.24) is 8.97 Å². The second-order valence-electron chi connectivity index (χ2n) is 9.41. The fourth-order valence-electron chi connectivity index (χ4n) is 5.47. The van der Waals surface area contributed by atoms with Crippen molar-refractivity contribution in [3.8, 4) is 33.9 Å². The molecule has 0 fully saturated rings. The first-order valence-electron chi connectivity index (χ1n) is 12.7. The van der Waals surface area contributed by atoms with E-state index in [1.165, 1.54) is 16.8 Å². The normalized spacial score (nSPS) is 12.8. The number of ether oxygens (including phenoxy) is 2. The van der Waals surface area contributed by atoms with Crippen LogP contribution in [0.1, 0.15) is 24.1 Å². The van der Waals surface area contributed by atoms with Gasteiger partial charge < -0.3 is 19.4 Å². The number of hydrogen-bond donors (Lipinski definition) is 1. The van der Waals surface area contributed by atoms with E-state index in [1.807, 2.05) is 36.4 Å². The molecule has 1 N–H and O–H groups in total. The Labute approximate surface area is 232 Å². The van der Waals surface area contributed by atoms with E-state index in [1.54, 1.807) is 14.2 Å². The molecule has 0 saturated carbocycles. The Morgan fingerprint density at radius 3 is 2.45 bits per heavy atom. The fourth-order valence-corrected chi connectivity index (χ4v) is 5.91. The van der Waals surface area contributed by atoms with Crippen molar-refractivity contribution in [3.63, 3.8) is 0 Å². The summed E-state index contributed by atoms with van der Waals surface area (Å²) in [6.07, 6.45) is 5.44. The van der Waals surface area contributed by atoms with Crippen molar-refractivity contribution in [3.05, 3.63) is 95.3 Å². The Balaban J connectivity index is 1.59. The predicted molar refractivity (Wildman–Crippen MR) is 159 cm³/mol. The van der Waals surface area contributed by atoms with Crippen LogP contribution in [-0.2, 0) is 13.0 Å². The number of rotatable bonds is 6. The van der Waals surface area contributed by atoms with Gasteiger partial charge in [-0.25, -0.2) is 0 Å². The van der Waals surface area contributed by atoms with Crippen LogP contribution in [0.25, 0.3) is 28.0 Å². The molecule has 192 valence electrons. The summed E-state index contributed by atoms with van der Waals surface area (Å²) in [6, 6.07) is 24.3. The van der Waals surface area contributed by atoms with Gasteiger partial charge in [0.25, 0.3) is 0 Å². The lowest BCUT2D eigenvalue weighted by molar-refractivity contribution is 0.405. The summed E-state index contributed by atoms with van der Waals surface area (Å²) < 4.78 is 15.8. The fraction of sp³-hybridized carbons (Fsp3) is 0.194. The minimum Gasteiger partial charge on any atom is -0.497 e. The van der Waals surface area contributed by atoms with Crippen LogP contribution in [0.15, 0.2) is 79.0 Å². The van der Waals surface area contributed by atoms with E-state index in [-0.39, 0.29) is 0 Å². The number of halogens is 1. The number of imidazole rings is 1. The largest absolute Gasteiger partial charge is 0.497 e. The zero-order valence-corrected chi connectivity index (χ0v) is 22.9. The molecule has 1 aliphatic rings. The lowest BCUT2D eigenvalue weighted by atomic mass is 9.98. The molecule has 7 heteroatoms. The maximum Gasteiger partial charge on any atom is 0.142 e. The highest BCUT2D eigenvalue weighted by molar-refractivity contribution is 7.81. The number of thiocarbonyl (C=S) groups is 1. The number of methoxy groups -OCH3 is 2. The molecular weight excluding hydrogens is 514 g/mol. The van der Waals surface area contributed by atoms with Gasteiger partial charge in [-0.2, -0.15) is 0 Å². The van der Waals surface area contributed by atoms with Crippen molar-refractivity contribution < 1.29 is 9.47 Å². The van der Waals surface area contributed by atoms with E-state index in [9.17, 15) is 0 Å². The number of hydrogen-bond acceptors (Lipinski definition) is 3. The van der Waals surface area contributed by atoms with Crippen molar-refractivity contribution >= 4 is 40.1 Å². The van der Waals surface area contributed by atoms with E-state index < -0.39 is 0 Å². The molecule has 0 radical (unpaired) electrons. The van der Waals surface area contributed by atoms with Crippen LogP contribution in [0.3, 0.4) is 0 Å². The Bertz CT molecular complexity index is 1640. The topological polar surface area (TPSA) is 39.8 Å². The van der Waals surface area contributed by atoms with Crippen molar-refractivity contribution in [2.75, 3.05) is 19.5 Å². The van der Waals surface area contributed by atoms with Crippen LogP contribution in [0.5, 0.6) is 11.5 Å². The molecule has 1 aliphatic heterocycles. The summed E-state index contributed by atoms with van der Waals surface area (Å²) in [5.41, 5.74) is 8.87. The monoisotopic (exact) mass is 541 g/mol. The van der Waals surface area contributed by atoms with E-state index in [0.29, 0.717) is 10.7 Å². The SMILES string of the molecule is COc1ccc(OC)c(NC(=S)c2c(-c3ccccc3)c3c4n(c(-c5ccc(Cl)cc5)cn24)CCCC3)c1. The molecule has 38 heavy (non-hydrogen) atoms. The third-order valence-electron chi connectivity index (χ3n) is 7.21. The highest BCUT2D eigenvalue weighted by atomic mass is 35.5. The minimum absolute atomic E-state index is 0.622. The number of nitrogens with zero attached hydrogens (tertiary/aromatic N) is 2. The zero-order chi connectivity index (χ0) is 26.2. The summed E-state index contributed by atoms with van der Waals surface area (Å²) in [4.78, 5) is 0.622. The Hall–Kier alpha value is -3.74. The third-order valence-corrected chi connectivity index (χ3v) is 7.75. The predicted octanol–water partition coefficient (Wildman–Crippen LogP) is 7.87. The Morgan fingerprint density at radius 2 is 1.71 bits per heavy atom. The van der Waals surface area contributed by atoms with Crippen LogP contribution in [0.2, 0.25) is 5.02 Å². The molecule has 3 aromatic carbocycles. The lowest BCUT2D eigenvalue weighted by Gasteiger charge is -2.15. The standard InChI is InChI=1S/C31H28ClN3O2S/c1-36-23-15-16-27(37-2)25(18-23)33-30(38)29-28(21-8-4-3-5-9-21)24-10-6-7-17-34-26(19-35(29)31(24)34)20-11-13-22(32)14-12-20/h3-5,8-9,11-16,18-19H,6-7,10,17H2,1-2H3,(H,33,38). The van der Waals surface area contributed by atoms with Crippen LogP contribution in [-0.4, -0.2) is 28.2 Å². The highest BCUT2D eigenvalue weighted by Crippen LogP contribution is 2.40. The zero-order valence-electron chi connectivity index (χ0n) is 21.3. The molecule has 0 spiro atoms. The minimum atomic E-state index is 0.622. The van der Waals surface area contributed by atoms with Crippen molar-refractivity contribution in [2.45, 2.75) is 25.8 Å². The van der Waals surface area contributed by atoms with E-state index >= 15 is 0 Å². The lowest BCUT2D eigenvalue weighted by Crippen LogP contribution is -2.15. The third kappa shape index (κ3) is 4.24. The van der Waals surface area contributed by atoms with Gasteiger partial charge in [0.1, 0.15) is 22.1 Å². The Morgan fingerprint density at radius 1 is 0.921 bits per heavy atom. The molecule has 0 unspecified atom stereocenters. The number of benzene rings is 3. The number of anilines is 1. The second kappa shape index (κ2) is 10.2. The van der Waals surface area contributed by atoms with Gasteiger partial charge >= 0.3 is 0 Å². The molecule has 6 rings (SSSR count). The first kappa shape index (κ1) is 24.6. The highest BCUT2D eigenvalue weighted by Gasteiger charge is 2.28. The molecule has 3 heterocycles. The van der Waals surface area contributed by atoms with E-state index in [0.717, 1.165) is 64.8 Å². The second-order valence-corrected chi connectivity index (χ2v) is 10.3. The van der Waals surface area contributed by atoms with Gasteiger partial charge in [-0.1, -0.05) is 66.3 Å². The summed E-state index contributed by atoms with van der Waals surface area (Å²) in [5.74, 6) is 1.42. The van der Waals surface area contributed by atoms with Crippen molar-refractivity contribution in [2.24, 2.45) is 0 Å². The first-order chi connectivity index (χ1) is 18.6. The van der Waals surface area contributed by atoms with Crippen LogP contribution in [0.4, 0.5) is 5.69 Å². The number of aryl methyl sites for hydroxylation is 2. The Kier molecular flexibility index (Phi) is 6.60. The summed E-state index contributed by atoms with van der Waals surface area (Å²) in [7, 11) is 3.31. The van der Waals surface area contributed by atoms with Gasteiger partial charge in [0.15, 0.2) is 0 Å². The van der Waals surface area contributed by atoms with Crippen LogP contribution < -0.4 is 14.8 Å².